The van der Waals surface area contributed by atoms with Gasteiger partial charge in [0.25, 0.3) is 11.8 Å². The number of pyridine rings is 1. The van der Waals surface area contributed by atoms with Crippen molar-refractivity contribution in [2.24, 2.45) is 0 Å². The van der Waals surface area contributed by atoms with Gasteiger partial charge in [0.15, 0.2) is 5.69 Å². The van der Waals surface area contributed by atoms with Crippen LogP contribution < -0.4 is 10.6 Å². The predicted molar refractivity (Wildman–Crippen MR) is 102 cm³/mol. The Balaban J connectivity index is 1.76. The third kappa shape index (κ3) is 4.25. The SMILES string of the molecule is O=C1NCCc2c1cccc2-n1ncc(C(=O)Nc2ccnc(C(F)(F)F)c2)c1C(F)(F)F. The van der Waals surface area contributed by atoms with E-state index in [9.17, 15) is 35.9 Å². The molecule has 1 aliphatic rings. The third-order valence-corrected chi connectivity index (χ3v) is 4.88. The highest BCUT2D eigenvalue weighted by Crippen LogP contribution is 2.36. The minimum Gasteiger partial charge on any atom is -0.352 e. The van der Waals surface area contributed by atoms with Gasteiger partial charge in [0.05, 0.1) is 17.4 Å². The highest BCUT2D eigenvalue weighted by atomic mass is 19.4. The number of nitrogens with zero attached hydrogens (tertiary/aromatic N) is 3. The zero-order valence-electron chi connectivity index (χ0n) is 16.4. The van der Waals surface area contributed by atoms with Gasteiger partial charge < -0.3 is 10.6 Å². The lowest BCUT2D eigenvalue weighted by Gasteiger charge is -2.21. The molecule has 2 aromatic heterocycles. The minimum atomic E-state index is -5.04. The lowest BCUT2D eigenvalue weighted by molar-refractivity contribution is -0.143. The average molecular weight is 469 g/mol. The smallest absolute Gasteiger partial charge is 0.352 e. The summed E-state index contributed by atoms with van der Waals surface area (Å²) in [5, 5.41) is 8.33. The van der Waals surface area contributed by atoms with Crippen LogP contribution >= 0.6 is 0 Å². The van der Waals surface area contributed by atoms with E-state index < -0.39 is 46.8 Å². The van der Waals surface area contributed by atoms with Crippen molar-refractivity contribution >= 4 is 17.5 Å². The molecule has 0 aliphatic carbocycles. The minimum absolute atomic E-state index is 0.0306. The fourth-order valence-corrected chi connectivity index (χ4v) is 3.48. The van der Waals surface area contributed by atoms with Crippen molar-refractivity contribution in [1.82, 2.24) is 20.1 Å². The Morgan fingerprint density at radius 3 is 2.55 bits per heavy atom. The molecule has 0 radical (unpaired) electrons. The second kappa shape index (κ2) is 7.90. The summed E-state index contributed by atoms with van der Waals surface area (Å²) in [6.07, 6.45) is -8.16. The summed E-state index contributed by atoms with van der Waals surface area (Å²) < 4.78 is 81.0. The Hall–Kier alpha value is -3.90. The topological polar surface area (TPSA) is 88.9 Å². The normalized spacial score (nSPS) is 13.9. The number of anilines is 1. The van der Waals surface area contributed by atoms with Gasteiger partial charge in [-0.25, -0.2) is 4.68 Å². The molecule has 0 fully saturated rings. The quantitative estimate of drug-likeness (QED) is 0.571. The molecule has 0 saturated heterocycles. The van der Waals surface area contributed by atoms with E-state index in [-0.39, 0.29) is 24.2 Å². The second-order valence-corrected chi connectivity index (χ2v) is 7.01. The Kier molecular flexibility index (Phi) is 5.34. The molecule has 0 unspecified atom stereocenters. The fraction of sp³-hybridized carbons (Fsp3) is 0.200. The van der Waals surface area contributed by atoms with Gasteiger partial charge in [0.2, 0.25) is 0 Å². The number of rotatable bonds is 3. The molecule has 33 heavy (non-hydrogen) atoms. The molecular formula is C20H13F6N5O2. The van der Waals surface area contributed by atoms with Crippen LogP contribution in [-0.4, -0.2) is 33.1 Å². The van der Waals surface area contributed by atoms with Crippen molar-refractivity contribution in [3.8, 4) is 5.69 Å². The fourth-order valence-electron chi connectivity index (χ4n) is 3.48. The number of fused-ring (bicyclic) bond motifs is 1. The van der Waals surface area contributed by atoms with E-state index in [0.29, 0.717) is 22.5 Å². The van der Waals surface area contributed by atoms with Gasteiger partial charge >= 0.3 is 12.4 Å². The molecular weight excluding hydrogens is 456 g/mol. The number of halogens is 6. The predicted octanol–water partition coefficient (Wildman–Crippen LogP) is 3.84. The summed E-state index contributed by atoms with van der Waals surface area (Å²) in [4.78, 5) is 27.8. The van der Waals surface area contributed by atoms with Crippen LogP contribution in [0.15, 0.2) is 42.7 Å². The molecule has 2 amide bonds. The van der Waals surface area contributed by atoms with E-state index in [2.05, 4.69) is 15.4 Å². The van der Waals surface area contributed by atoms with Gasteiger partial charge in [0, 0.05) is 24.0 Å². The first-order chi connectivity index (χ1) is 15.5. The highest BCUT2D eigenvalue weighted by molar-refractivity contribution is 6.05. The summed E-state index contributed by atoms with van der Waals surface area (Å²) in [7, 11) is 0. The first kappa shape index (κ1) is 22.3. The van der Waals surface area contributed by atoms with Crippen LogP contribution in [0.1, 0.15) is 37.7 Å². The van der Waals surface area contributed by atoms with E-state index in [0.717, 1.165) is 12.3 Å². The van der Waals surface area contributed by atoms with Crippen molar-refractivity contribution in [1.29, 1.82) is 0 Å². The van der Waals surface area contributed by atoms with Crippen LogP contribution in [0.4, 0.5) is 32.0 Å². The number of amides is 2. The van der Waals surface area contributed by atoms with E-state index in [4.69, 9.17) is 0 Å². The molecule has 3 heterocycles. The maximum Gasteiger partial charge on any atom is 0.434 e. The number of alkyl halides is 6. The molecule has 1 aliphatic heterocycles. The van der Waals surface area contributed by atoms with Crippen molar-refractivity contribution in [2.75, 3.05) is 11.9 Å². The molecule has 2 N–H and O–H groups in total. The Morgan fingerprint density at radius 1 is 1.09 bits per heavy atom. The van der Waals surface area contributed by atoms with Gasteiger partial charge in [-0.15, -0.1) is 0 Å². The molecule has 0 spiro atoms. The standard InChI is InChI=1S/C20H13F6N5O2/c21-19(22,23)15-8-10(4-6-27-15)30-18(33)13-9-29-31(16(13)20(24,25)26)14-3-1-2-12-11(14)5-7-28-17(12)32/h1-4,6,8-9H,5,7H2,(H,28,32)(H,27,30,33). The Morgan fingerprint density at radius 2 is 1.85 bits per heavy atom. The molecule has 172 valence electrons. The first-order valence-electron chi connectivity index (χ1n) is 9.37. The van der Waals surface area contributed by atoms with E-state index in [1.54, 1.807) is 0 Å². The van der Waals surface area contributed by atoms with Gasteiger partial charge in [0.1, 0.15) is 5.69 Å². The number of hydrogen-bond donors (Lipinski definition) is 2. The number of hydrogen-bond acceptors (Lipinski definition) is 4. The number of nitrogens with one attached hydrogen (secondary N) is 2. The van der Waals surface area contributed by atoms with E-state index in [1.165, 1.54) is 18.2 Å². The molecule has 0 bridgehead atoms. The maximum atomic E-state index is 14.0. The molecule has 3 aromatic rings. The van der Waals surface area contributed by atoms with Gasteiger partial charge in [-0.3, -0.25) is 14.6 Å². The van der Waals surface area contributed by atoms with Crippen molar-refractivity contribution in [2.45, 2.75) is 18.8 Å². The lowest BCUT2D eigenvalue weighted by Crippen LogP contribution is -2.33. The van der Waals surface area contributed by atoms with Crippen molar-refractivity contribution in [3.63, 3.8) is 0 Å². The van der Waals surface area contributed by atoms with Crippen LogP contribution in [0.3, 0.4) is 0 Å². The number of carbonyl (C=O) groups is 2. The zero-order valence-corrected chi connectivity index (χ0v) is 16.4. The van der Waals surface area contributed by atoms with Crippen LogP contribution in [0.25, 0.3) is 5.69 Å². The van der Waals surface area contributed by atoms with Gasteiger partial charge in [-0.2, -0.15) is 31.4 Å². The summed E-state index contributed by atoms with van der Waals surface area (Å²) in [5.41, 5.74) is -3.55. The van der Waals surface area contributed by atoms with Crippen LogP contribution in [0, 0.1) is 0 Å². The summed E-state index contributed by atoms with van der Waals surface area (Å²) in [5.74, 6) is -1.76. The van der Waals surface area contributed by atoms with E-state index >= 15 is 0 Å². The molecule has 13 heteroatoms. The molecule has 4 rings (SSSR count). The molecule has 0 atom stereocenters. The van der Waals surface area contributed by atoms with Crippen LogP contribution in [0.2, 0.25) is 0 Å². The maximum absolute atomic E-state index is 14.0. The lowest BCUT2D eigenvalue weighted by atomic mass is 9.98. The van der Waals surface area contributed by atoms with Crippen LogP contribution in [0.5, 0.6) is 0 Å². The summed E-state index contributed by atoms with van der Waals surface area (Å²) in [6, 6.07) is 5.69. The monoisotopic (exact) mass is 469 g/mol. The summed E-state index contributed by atoms with van der Waals surface area (Å²) >= 11 is 0. The molecule has 0 saturated carbocycles. The van der Waals surface area contributed by atoms with Crippen LogP contribution in [-0.2, 0) is 18.8 Å². The average Bonchev–Trinajstić information content (AvgIpc) is 3.19. The van der Waals surface area contributed by atoms with Crippen molar-refractivity contribution in [3.05, 3.63) is 70.8 Å². The Labute approximate surface area is 181 Å². The van der Waals surface area contributed by atoms with Gasteiger partial charge in [-0.1, -0.05) is 6.07 Å². The molecule has 1 aromatic carbocycles. The number of benzene rings is 1. The second-order valence-electron chi connectivity index (χ2n) is 7.01. The van der Waals surface area contributed by atoms with E-state index in [1.807, 2.05) is 5.32 Å². The molecule has 7 nitrogen and oxygen atoms in total. The highest BCUT2D eigenvalue weighted by Gasteiger charge is 2.41. The number of aromatic nitrogens is 3. The largest absolute Gasteiger partial charge is 0.434 e. The third-order valence-electron chi connectivity index (χ3n) is 4.88. The van der Waals surface area contributed by atoms with Gasteiger partial charge in [-0.05, 0) is 36.2 Å². The number of carbonyl (C=O) groups excluding carboxylic acids is 2. The van der Waals surface area contributed by atoms with Crippen molar-refractivity contribution < 1.29 is 35.9 Å². The Bertz CT molecular complexity index is 1250. The summed E-state index contributed by atoms with van der Waals surface area (Å²) in [6.45, 7) is 0.211. The first-order valence-corrected chi connectivity index (χ1v) is 9.37. The zero-order chi connectivity index (χ0) is 24.0.